The second kappa shape index (κ2) is 7.14. The third-order valence-electron chi connectivity index (χ3n) is 6.20. The van der Waals surface area contributed by atoms with Gasteiger partial charge in [0.1, 0.15) is 0 Å². The Labute approximate surface area is 131 Å². The Morgan fingerprint density at radius 3 is 2.38 bits per heavy atom. The number of hydrogen-bond donors (Lipinski definition) is 0. The molecule has 0 aromatic carbocycles. The van der Waals surface area contributed by atoms with Gasteiger partial charge in [-0.05, 0) is 63.3 Å². The van der Waals surface area contributed by atoms with Gasteiger partial charge in [0.2, 0.25) is 0 Å². The van der Waals surface area contributed by atoms with Crippen molar-refractivity contribution in [1.29, 1.82) is 5.26 Å². The van der Waals surface area contributed by atoms with E-state index in [-0.39, 0.29) is 5.92 Å². The van der Waals surface area contributed by atoms with E-state index in [0.717, 1.165) is 12.3 Å². The standard InChI is InChI=1S/C19H34N2/c1-5-6-15-7-8-16(14-20)18(13-15)21(4)17-9-11-19(2,3)12-10-17/h15-18H,5-13H2,1-4H3. The Morgan fingerprint density at radius 2 is 1.81 bits per heavy atom. The van der Waals surface area contributed by atoms with Crippen LogP contribution in [0.2, 0.25) is 0 Å². The number of nitrogens with zero attached hydrogens (tertiary/aromatic N) is 2. The molecule has 0 N–H and O–H groups in total. The van der Waals surface area contributed by atoms with Crippen molar-refractivity contribution in [1.82, 2.24) is 4.90 Å². The van der Waals surface area contributed by atoms with Crippen LogP contribution in [0.1, 0.15) is 78.6 Å². The zero-order valence-corrected chi connectivity index (χ0v) is 14.6. The lowest BCUT2D eigenvalue weighted by Gasteiger charge is -2.45. The molecule has 0 radical (unpaired) electrons. The minimum absolute atomic E-state index is 0.262. The molecule has 2 fully saturated rings. The zero-order valence-electron chi connectivity index (χ0n) is 14.6. The van der Waals surface area contributed by atoms with Crippen molar-refractivity contribution in [2.45, 2.75) is 90.6 Å². The second-order valence-electron chi connectivity index (χ2n) is 8.33. The molecule has 0 aromatic rings. The minimum atomic E-state index is 0.262. The monoisotopic (exact) mass is 290 g/mol. The van der Waals surface area contributed by atoms with Crippen LogP contribution in [0.15, 0.2) is 0 Å². The first-order valence-corrected chi connectivity index (χ1v) is 9.08. The van der Waals surface area contributed by atoms with Gasteiger partial charge in [-0.25, -0.2) is 0 Å². The summed E-state index contributed by atoms with van der Waals surface area (Å²) in [5.41, 5.74) is 0.531. The van der Waals surface area contributed by atoms with E-state index in [1.165, 1.54) is 51.4 Å². The number of hydrogen-bond acceptors (Lipinski definition) is 2. The van der Waals surface area contributed by atoms with Crippen molar-refractivity contribution >= 4 is 0 Å². The van der Waals surface area contributed by atoms with Gasteiger partial charge in [-0.1, -0.05) is 33.6 Å². The Hall–Kier alpha value is -0.550. The summed E-state index contributed by atoms with van der Waals surface area (Å²) < 4.78 is 0. The van der Waals surface area contributed by atoms with E-state index in [0.29, 0.717) is 17.5 Å². The zero-order chi connectivity index (χ0) is 15.5. The lowest BCUT2D eigenvalue weighted by Crippen LogP contribution is -2.48. The van der Waals surface area contributed by atoms with E-state index in [2.05, 4.69) is 38.8 Å². The maximum Gasteiger partial charge on any atom is 0.0672 e. The largest absolute Gasteiger partial charge is 0.299 e. The second-order valence-corrected chi connectivity index (χ2v) is 8.33. The van der Waals surface area contributed by atoms with Crippen LogP contribution in [-0.4, -0.2) is 24.0 Å². The van der Waals surface area contributed by atoms with Crippen molar-refractivity contribution < 1.29 is 0 Å². The van der Waals surface area contributed by atoms with E-state index in [9.17, 15) is 5.26 Å². The topological polar surface area (TPSA) is 27.0 Å². The molecule has 0 spiro atoms. The van der Waals surface area contributed by atoms with Crippen LogP contribution in [-0.2, 0) is 0 Å². The summed E-state index contributed by atoms with van der Waals surface area (Å²) in [5.74, 6) is 1.12. The fourth-order valence-corrected chi connectivity index (χ4v) is 4.56. The fourth-order valence-electron chi connectivity index (χ4n) is 4.56. The molecule has 2 heteroatoms. The normalized spacial score (nSPS) is 33.8. The van der Waals surface area contributed by atoms with Gasteiger partial charge in [0.05, 0.1) is 12.0 Å². The Morgan fingerprint density at radius 1 is 1.14 bits per heavy atom. The van der Waals surface area contributed by atoms with Crippen molar-refractivity contribution in [3.05, 3.63) is 0 Å². The van der Waals surface area contributed by atoms with Crippen molar-refractivity contribution in [2.24, 2.45) is 17.3 Å². The molecular weight excluding hydrogens is 256 g/mol. The molecule has 0 aromatic heterocycles. The van der Waals surface area contributed by atoms with Crippen molar-refractivity contribution in [2.75, 3.05) is 7.05 Å². The highest BCUT2D eigenvalue weighted by molar-refractivity contribution is 4.99. The number of nitriles is 1. The van der Waals surface area contributed by atoms with Crippen LogP contribution in [0, 0.1) is 28.6 Å². The van der Waals surface area contributed by atoms with Crippen LogP contribution >= 0.6 is 0 Å². The van der Waals surface area contributed by atoms with Gasteiger partial charge in [0.25, 0.3) is 0 Å². The molecule has 0 heterocycles. The predicted octanol–water partition coefficient (Wildman–Crippen LogP) is 5.00. The van der Waals surface area contributed by atoms with Crippen LogP contribution in [0.3, 0.4) is 0 Å². The molecule has 2 saturated carbocycles. The number of rotatable bonds is 4. The highest BCUT2D eigenvalue weighted by atomic mass is 15.2. The van der Waals surface area contributed by atoms with E-state index < -0.39 is 0 Å². The van der Waals surface area contributed by atoms with E-state index in [4.69, 9.17) is 0 Å². The predicted molar refractivity (Wildman–Crippen MR) is 88.9 cm³/mol. The van der Waals surface area contributed by atoms with Crippen LogP contribution in [0.4, 0.5) is 0 Å². The molecule has 2 aliphatic rings. The molecule has 0 amide bonds. The third-order valence-corrected chi connectivity index (χ3v) is 6.20. The summed E-state index contributed by atoms with van der Waals surface area (Å²) in [6.45, 7) is 7.09. The highest BCUT2D eigenvalue weighted by Crippen LogP contribution is 2.40. The maximum atomic E-state index is 9.53. The van der Waals surface area contributed by atoms with Gasteiger partial charge in [-0.2, -0.15) is 5.26 Å². The molecule has 21 heavy (non-hydrogen) atoms. The smallest absolute Gasteiger partial charge is 0.0672 e. The average Bonchev–Trinajstić information content (AvgIpc) is 2.47. The molecule has 0 saturated heterocycles. The Kier molecular flexibility index (Phi) is 5.72. The average molecular weight is 290 g/mol. The summed E-state index contributed by atoms with van der Waals surface area (Å²) in [4.78, 5) is 2.60. The van der Waals surface area contributed by atoms with Crippen LogP contribution in [0.25, 0.3) is 0 Å². The van der Waals surface area contributed by atoms with E-state index in [1.807, 2.05) is 0 Å². The van der Waals surface area contributed by atoms with Gasteiger partial charge in [0, 0.05) is 12.1 Å². The SMILES string of the molecule is CCCC1CCC(C#N)C(N(C)C2CCC(C)(C)CC2)C1. The summed E-state index contributed by atoms with van der Waals surface area (Å²) in [6.07, 6.45) is 11.6. The van der Waals surface area contributed by atoms with Crippen molar-refractivity contribution in [3.63, 3.8) is 0 Å². The molecule has 0 aliphatic heterocycles. The van der Waals surface area contributed by atoms with Gasteiger partial charge >= 0.3 is 0 Å². The van der Waals surface area contributed by atoms with Gasteiger partial charge in [-0.3, -0.25) is 4.90 Å². The lowest BCUT2D eigenvalue weighted by molar-refractivity contribution is 0.0479. The fraction of sp³-hybridized carbons (Fsp3) is 0.947. The maximum absolute atomic E-state index is 9.53. The summed E-state index contributed by atoms with van der Waals surface area (Å²) >= 11 is 0. The summed E-state index contributed by atoms with van der Waals surface area (Å²) in [6, 6.07) is 3.82. The Bertz CT molecular complexity index is 358. The minimum Gasteiger partial charge on any atom is -0.299 e. The lowest BCUT2D eigenvalue weighted by atomic mass is 9.73. The van der Waals surface area contributed by atoms with Gasteiger partial charge in [0.15, 0.2) is 0 Å². The highest BCUT2D eigenvalue weighted by Gasteiger charge is 2.37. The van der Waals surface area contributed by atoms with E-state index in [1.54, 1.807) is 0 Å². The summed E-state index contributed by atoms with van der Waals surface area (Å²) in [7, 11) is 2.30. The molecule has 3 atom stereocenters. The first-order chi connectivity index (χ1) is 9.96. The van der Waals surface area contributed by atoms with Gasteiger partial charge in [-0.15, -0.1) is 0 Å². The van der Waals surface area contributed by atoms with Crippen LogP contribution < -0.4 is 0 Å². The summed E-state index contributed by atoms with van der Waals surface area (Å²) in [5, 5.41) is 9.53. The van der Waals surface area contributed by atoms with Gasteiger partial charge < -0.3 is 0 Å². The Balaban J connectivity index is 1.98. The quantitative estimate of drug-likeness (QED) is 0.729. The first kappa shape index (κ1) is 16.8. The van der Waals surface area contributed by atoms with E-state index >= 15 is 0 Å². The van der Waals surface area contributed by atoms with Crippen molar-refractivity contribution in [3.8, 4) is 6.07 Å². The first-order valence-electron chi connectivity index (χ1n) is 9.08. The molecule has 2 nitrogen and oxygen atoms in total. The molecule has 3 unspecified atom stereocenters. The van der Waals surface area contributed by atoms with Crippen LogP contribution in [0.5, 0.6) is 0 Å². The molecule has 2 rings (SSSR count). The molecule has 2 aliphatic carbocycles. The molecule has 120 valence electrons. The molecule has 0 bridgehead atoms. The third kappa shape index (κ3) is 4.22. The molecular formula is C19H34N2.